The largest absolute Gasteiger partial charge is 0.494 e. The summed E-state index contributed by atoms with van der Waals surface area (Å²) in [5.41, 5.74) is -0.492. The summed E-state index contributed by atoms with van der Waals surface area (Å²) in [6.45, 7) is 4.63. The number of hydrogen-bond acceptors (Lipinski definition) is 3. The summed E-state index contributed by atoms with van der Waals surface area (Å²) in [5, 5.41) is -0.0416. The van der Waals surface area contributed by atoms with Crippen molar-refractivity contribution in [3.63, 3.8) is 0 Å². The van der Waals surface area contributed by atoms with Gasteiger partial charge in [0, 0.05) is 0 Å². The molecule has 0 radical (unpaired) electrons. The predicted molar refractivity (Wildman–Crippen MR) is 78.8 cm³/mol. The first-order chi connectivity index (χ1) is 9.53. The SMILES string of the molecule is CC1(C)OB(c2cc(Cl)c(OC(F)F)c(Cl)c2)OC1(C)C. The number of halogens is 4. The van der Waals surface area contributed by atoms with E-state index in [2.05, 4.69) is 4.74 Å². The average Bonchev–Trinajstić information content (AvgIpc) is 2.53. The molecule has 0 saturated carbocycles. The van der Waals surface area contributed by atoms with Gasteiger partial charge in [0.05, 0.1) is 21.2 Å². The quantitative estimate of drug-likeness (QED) is 0.782. The van der Waals surface area contributed by atoms with Gasteiger partial charge in [0.15, 0.2) is 5.75 Å². The minimum absolute atomic E-state index is 0.0208. The number of rotatable bonds is 3. The van der Waals surface area contributed by atoms with Gasteiger partial charge in [0.25, 0.3) is 0 Å². The first kappa shape index (κ1) is 16.8. The van der Waals surface area contributed by atoms with Crippen LogP contribution in [0.2, 0.25) is 10.0 Å². The van der Waals surface area contributed by atoms with Crippen LogP contribution in [-0.2, 0) is 9.31 Å². The molecule has 0 atom stereocenters. The van der Waals surface area contributed by atoms with Crippen LogP contribution >= 0.6 is 23.2 Å². The van der Waals surface area contributed by atoms with E-state index in [9.17, 15) is 8.78 Å². The smallest absolute Gasteiger partial charge is 0.432 e. The molecular formula is C13H15BCl2F2O3. The molecule has 1 heterocycles. The lowest BCUT2D eigenvalue weighted by Gasteiger charge is -2.32. The van der Waals surface area contributed by atoms with Crippen molar-refractivity contribution in [2.24, 2.45) is 0 Å². The zero-order chi connectivity index (χ0) is 16.0. The highest BCUT2D eigenvalue weighted by Crippen LogP contribution is 2.38. The Kier molecular flexibility index (Phi) is 4.46. The van der Waals surface area contributed by atoms with Gasteiger partial charge in [-0.3, -0.25) is 0 Å². The summed E-state index contributed by atoms with van der Waals surface area (Å²) in [4.78, 5) is 0. The zero-order valence-corrected chi connectivity index (χ0v) is 13.6. The predicted octanol–water partition coefficient (Wildman–Crippen LogP) is 3.89. The van der Waals surface area contributed by atoms with Gasteiger partial charge in [-0.15, -0.1) is 0 Å². The Morgan fingerprint density at radius 2 is 1.48 bits per heavy atom. The second-order valence-electron chi connectivity index (χ2n) is 5.78. The van der Waals surface area contributed by atoms with Crippen molar-refractivity contribution in [2.45, 2.75) is 45.5 Å². The molecule has 2 rings (SSSR count). The Labute approximate surface area is 132 Å². The van der Waals surface area contributed by atoms with Gasteiger partial charge in [0.1, 0.15) is 0 Å². The number of benzene rings is 1. The van der Waals surface area contributed by atoms with Crippen LogP contribution in [0, 0.1) is 0 Å². The van der Waals surface area contributed by atoms with Gasteiger partial charge in [0.2, 0.25) is 0 Å². The number of alkyl halides is 2. The molecule has 0 aromatic heterocycles. The third kappa shape index (κ3) is 3.28. The first-order valence-corrected chi connectivity index (χ1v) is 7.08. The maximum absolute atomic E-state index is 12.3. The normalized spacial score (nSPS) is 20.1. The Hall–Kier alpha value is -0.555. The second-order valence-corrected chi connectivity index (χ2v) is 6.59. The van der Waals surface area contributed by atoms with Gasteiger partial charge in [-0.05, 0) is 45.3 Å². The van der Waals surface area contributed by atoms with Crippen LogP contribution in [0.15, 0.2) is 12.1 Å². The molecule has 3 nitrogen and oxygen atoms in total. The molecule has 0 amide bonds. The lowest BCUT2D eigenvalue weighted by Crippen LogP contribution is -2.41. The lowest BCUT2D eigenvalue weighted by atomic mass is 9.79. The van der Waals surface area contributed by atoms with E-state index >= 15 is 0 Å². The van der Waals surface area contributed by atoms with Crippen molar-refractivity contribution < 1.29 is 22.8 Å². The molecule has 1 aliphatic rings. The van der Waals surface area contributed by atoms with Crippen LogP contribution in [0.3, 0.4) is 0 Å². The fourth-order valence-corrected chi connectivity index (χ4v) is 2.49. The Morgan fingerprint density at radius 3 is 1.86 bits per heavy atom. The van der Waals surface area contributed by atoms with E-state index in [1.165, 1.54) is 12.1 Å². The van der Waals surface area contributed by atoms with E-state index in [1.807, 2.05) is 27.7 Å². The molecule has 0 bridgehead atoms. The maximum atomic E-state index is 12.3. The van der Waals surface area contributed by atoms with E-state index in [0.29, 0.717) is 5.46 Å². The van der Waals surface area contributed by atoms with Crippen LogP contribution in [0.4, 0.5) is 8.78 Å². The summed E-state index contributed by atoms with van der Waals surface area (Å²) in [6.07, 6.45) is 0. The summed E-state index contributed by atoms with van der Waals surface area (Å²) in [7, 11) is -0.675. The molecule has 1 saturated heterocycles. The molecule has 0 unspecified atom stereocenters. The van der Waals surface area contributed by atoms with Crippen LogP contribution < -0.4 is 10.2 Å². The molecule has 21 heavy (non-hydrogen) atoms. The summed E-state index contributed by atoms with van der Waals surface area (Å²) in [6, 6.07) is 2.90. The molecule has 8 heteroatoms. The molecule has 116 valence electrons. The topological polar surface area (TPSA) is 27.7 Å². The monoisotopic (exact) mass is 338 g/mol. The molecule has 0 spiro atoms. The maximum Gasteiger partial charge on any atom is 0.494 e. The van der Waals surface area contributed by atoms with Crippen molar-refractivity contribution >= 4 is 35.8 Å². The van der Waals surface area contributed by atoms with E-state index in [0.717, 1.165) is 0 Å². The molecule has 1 aliphatic heterocycles. The Bertz CT molecular complexity index is 513. The fourth-order valence-electron chi connectivity index (χ4n) is 1.90. The highest BCUT2D eigenvalue weighted by molar-refractivity contribution is 6.63. The standard InChI is InChI=1S/C13H15BCl2F2O3/c1-12(2)13(3,4)21-14(20-12)7-5-8(15)10(9(16)6-7)19-11(17)18/h5-6,11H,1-4H3. The van der Waals surface area contributed by atoms with Crippen molar-refractivity contribution in [2.75, 3.05) is 0 Å². The number of hydrogen-bond donors (Lipinski definition) is 0. The van der Waals surface area contributed by atoms with Gasteiger partial charge in [-0.1, -0.05) is 23.2 Å². The molecule has 1 aromatic carbocycles. The zero-order valence-electron chi connectivity index (χ0n) is 12.0. The van der Waals surface area contributed by atoms with Crippen LogP contribution in [0.5, 0.6) is 5.75 Å². The van der Waals surface area contributed by atoms with Gasteiger partial charge in [-0.25, -0.2) is 0 Å². The third-order valence-electron chi connectivity index (χ3n) is 3.75. The highest BCUT2D eigenvalue weighted by atomic mass is 35.5. The average molecular weight is 339 g/mol. The molecule has 1 aromatic rings. The minimum Gasteiger partial charge on any atom is -0.432 e. The second kappa shape index (κ2) is 5.58. The summed E-state index contributed by atoms with van der Waals surface area (Å²) >= 11 is 11.9. The van der Waals surface area contributed by atoms with Crippen LogP contribution in [0.1, 0.15) is 27.7 Å². The van der Waals surface area contributed by atoms with Crippen molar-refractivity contribution in [3.8, 4) is 5.75 Å². The molecule has 0 N–H and O–H groups in total. The molecule has 1 fully saturated rings. The number of ether oxygens (including phenoxy) is 1. The summed E-state index contributed by atoms with van der Waals surface area (Å²) < 4.78 is 40.6. The first-order valence-electron chi connectivity index (χ1n) is 6.33. The van der Waals surface area contributed by atoms with Gasteiger partial charge < -0.3 is 14.0 Å². The fraction of sp³-hybridized carbons (Fsp3) is 0.538. The van der Waals surface area contributed by atoms with Gasteiger partial charge >= 0.3 is 13.7 Å². The van der Waals surface area contributed by atoms with Crippen molar-refractivity contribution in [1.29, 1.82) is 0 Å². The van der Waals surface area contributed by atoms with E-state index in [1.54, 1.807) is 0 Å². The van der Waals surface area contributed by atoms with E-state index in [4.69, 9.17) is 32.5 Å². The highest BCUT2D eigenvalue weighted by Gasteiger charge is 2.51. The molecule has 0 aliphatic carbocycles. The van der Waals surface area contributed by atoms with E-state index in [-0.39, 0.29) is 15.8 Å². The Balaban J connectivity index is 2.31. The van der Waals surface area contributed by atoms with Crippen LogP contribution in [0.25, 0.3) is 0 Å². The minimum atomic E-state index is -3.00. The molecular weight excluding hydrogens is 324 g/mol. The van der Waals surface area contributed by atoms with Crippen LogP contribution in [-0.4, -0.2) is 24.9 Å². The van der Waals surface area contributed by atoms with Gasteiger partial charge in [-0.2, -0.15) is 8.78 Å². The van der Waals surface area contributed by atoms with E-state index < -0.39 is 24.9 Å². The Morgan fingerprint density at radius 1 is 1.05 bits per heavy atom. The third-order valence-corrected chi connectivity index (χ3v) is 4.31. The van der Waals surface area contributed by atoms with Crippen molar-refractivity contribution in [1.82, 2.24) is 0 Å². The van der Waals surface area contributed by atoms with Crippen molar-refractivity contribution in [3.05, 3.63) is 22.2 Å². The lowest BCUT2D eigenvalue weighted by molar-refractivity contribution is -0.0497. The summed E-state index contributed by atoms with van der Waals surface area (Å²) in [5.74, 6) is -0.256.